The van der Waals surface area contributed by atoms with Crippen molar-refractivity contribution in [2.45, 2.75) is 58.6 Å². The predicted octanol–water partition coefficient (Wildman–Crippen LogP) is 5.08. The normalized spacial score (nSPS) is 12.9. The van der Waals surface area contributed by atoms with Crippen LogP contribution in [0.1, 0.15) is 74.7 Å². The molecule has 2 heterocycles. The minimum absolute atomic E-state index is 0.135. The van der Waals surface area contributed by atoms with Crippen molar-refractivity contribution in [2.24, 2.45) is 0 Å². The van der Waals surface area contributed by atoms with E-state index in [0.717, 1.165) is 5.56 Å². The molecule has 4 aromatic rings. The number of aromatic nitrogens is 4. The summed E-state index contributed by atoms with van der Waals surface area (Å²) in [4.78, 5) is 21.1. The summed E-state index contributed by atoms with van der Waals surface area (Å²) in [5.41, 5.74) is 1.01. The lowest BCUT2D eigenvalue weighted by Crippen LogP contribution is -2.37. The summed E-state index contributed by atoms with van der Waals surface area (Å²) in [6.45, 7) is 7.47. The number of carbonyl (C=O) groups excluding carboxylic acids is 1. The van der Waals surface area contributed by atoms with Gasteiger partial charge in [0.05, 0.1) is 18.2 Å². The van der Waals surface area contributed by atoms with Crippen LogP contribution in [0.25, 0.3) is 22.8 Å². The topological polar surface area (TPSA) is 136 Å². The predicted molar refractivity (Wildman–Crippen MR) is 136 cm³/mol. The third kappa shape index (κ3) is 6.05. The fraction of sp³-hybridized carbons (Fsp3) is 0.370. The maximum absolute atomic E-state index is 14.7. The summed E-state index contributed by atoms with van der Waals surface area (Å²) in [7, 11) is 0. The molecular formula is C27H30FN5O5. The van der Waals surface area contributed by atoms with Gasteiger partial charge in [-0.3, -0.25) is 4.79 Å². The van der Waals surface area contributed by atoms with Gasteiger partial charge < -0.3 is 24.2 Å². The number of amides is 1. The fourth-order valence-electron chi connectivity index (χ4n) is 3.60. The van der Waals surface area contributed by atoms with Crippen LogP contribution in [0.5, 0.6) is 5.75 Å². The SMILES string of the molecule is CCC(Oc1ccc(-c2noc(C(C)C)n2)cc1)c1nc(-c2ccc(C(=O)N[C@H](CC)CO)c(F)c2)no1. The molecule has 200 valence electrons. The number of halogens is 1. The molecule has 0 aliphatic rings. The van der Waals surface area contributed by atoms with Crippen LogP contribution >= 0.6 is 0 Å². The Balaban J connectivity index is 1.45. The lowest BCUT2D eigenvalue weighted by molar-refractivity contribution is 0.0911. The van der Waals surface area contributed by atoms with Crippen molar-refractivity contribution in [1.82, 2.24) is 25.6 Å². The molecule has 0 saturated heterocycles. The third-order valence-corrected chi connectivity index (χ3v) is 5.93. The molecule has 1 unspecified atom stereocenters. The Hall–Kier alpha value is -4.12. The summed E-state index contributed by atoms with van der Waals surface area (Å²) in [6.07, 6.45) is 0.540. The summed E-state index contributed by atoms with van der Waals surface area (Å²) >= 11 is 0. The highest BCUT2D eigenvalue weighted by molar-refractivity contribution is 5.95. The first-order valence-corrected chi connectivity index (χ1v) is 12.5. The van der Waals surface area contributed by atoms with Crippen LogP contribution in [0.15, 0.2) is 51.5 Å². The first-order valence-electron chi connectivity index (χ1n) is 12.5. The van der Waals surface area contributed by atoms with Gasteiger partial charge in [-0.2, -0.15) is 9.97 Å². The Kier molecular flexibility index (Phi) is 8.47. The molecule has 10 nitrogen and oxygen atoms in total. The van der Waals surface area contributed by atoms with E-state index in [0.29, 0.717) is 35.9 Å². The zero-order valence-electron chi connectivity index (χ0n) is 21.6. The van der Waals surface area contributed by atoms with Crippen LogP contribution in [0.3, 0.4) is 0 Å². The number of hydrogen-bond acceptors (Lipinski definition) is 9. The molecule has 2 atom stereocenters. The molecule has 1 amide bonds. The van der Waals surface area contributed by atoms with E-state index in [-0.39, 0.29) is 29.8 Å². The highest BCUT2D eigenvalue weighted by atomic mass is 19.1. The van der Waals surface area contributed by atoms with Crippen LogP contribution in [0, 0.1) is 5.82 Å². The molecule has 0 aliphatic carbocycles. The average Bonchev–Trinajstić information content (AvgIpc) is 3.61. The second-order valence-corrected chi connectivity index (χ2v) is 9.06. The van der Waals surface area contributed by atoms with Gasteiger partial charge in [0.15, 0.2) is 6.10 Å². The largest absolute Gasteiger partial charge is 0.481 e. The lowest BCUT2D eigenvalue weighted by atomic mass is 10.1. The van der Waals surface area contributed by atoms with Gasteiger partial charge in [0.2, 0.25) is 17.5 Å². The first-order chi connectivity index (χ1) is 18.3. The molecule has 0 spiro atoms. The molecule has 0 saturated carbocycles. The van der Waals surface area contributed by atoms with E-state index in [4.69, 9.17) is 13.8 Å². The summed E-state index contributed by atoms with van der Waals surface area (Å²) < 4.78 is 31.4. The van der Waals surface area contributed by atoms with Crippen LogP contribution < -0.4 is 10.1 Å². The van der Waals surface area contributed by atoms with Crippen molar-refractivity contribution in [3.8, 4) is 28.5 Å². The maximum Gasteiger partial charge on any atom is 0.268 e. The van der Waals surface area contributed by atoms with Crippen molar-refractivity contribution in [3.63, 3.8) is 0 Å². The molecule has 2 aromatic carbocycles. The molecule has 0 aliphatic heterocycles. The van der Waals surface area contributed by atoms with E-state index in [1.807, 2.05) is 39.8 Å². The Morgan fingerprint density at radius 3 is 2.18 bits per heavy atom. The van der Waals surface area contributed by atoms with E-state index in [1.54, 1.807) is 12.1 Å². The zero-order valence-corrected chi connectivity index (χ0v) is 21.6. The number of nitrogens with one attached hydrogen (secondary N) is 1. The lowest BCUT2D eigenvalue weighted by Gasteiger charge is -2.14. The van der Waals surface area contributed by atoms with E-state index in [2.05, 4.69) is 25.6 Å². The quantitative estimate of drug-likeness (QED) is 0.276. The van der Waals surface area contributed by atoms with Gasteiger partial charge in [-0.15, -0.1) is 0 Å². The van der Waals surface area contributed by atoms with Crippen LogP contribution in [-0.2, 0) is 0 Å². The van der Waals surface area contributed by atoms with E-state index >= 15 is 0 Å². The number of nitrogens with zero attached hydrogens (tertiary/aromatic N) is 4. The summed E-state index contributed by atoms with van der Waals surface area (Å²) in [5.74, 6) is 0.876. The maximum atomic E-state index is 14.7. The highest BCUT2D eigenvalue weighted by Crippen LogP contribution is 2.28. The highest BCUT2D eigenvalue weighted by Gasteiger charge is 2.22. The van der Waals surface area contributed by atoms with Gasteiger partial charge in [-0.05, 0) is 49.2 Å². The molecule has 2 N–H and O–H groups in total. The molecule has 0 radical (unpaired) electrons. The van der Waals surface area contributed by atoms with Gasteiger partial charge in [0.25, 0.3) is 11.8 Å². The number of ether oxygens (including phenoxy) is 1. The molecular weight excluding hydrogens is 493 g/mol. The van der Waals surface area contributed by atoms with Crippen LogP contribution in [0.2, 0.25) is 0 Å². The van der Waals surface area contributed by atoms with Crippen LogP contribution in [0.4, 0.5) is 4.39 Å². The third-order valence-electron chi connectivity index (χ3n) is 5.93. The average molecular weight is 524 g/mol. The molecule has 2 aromatic heterocycles. The second kappa shape index (κ2) is 12.0. The molecule has 0 bridgehead atoms. The zero-order chi connectivity index (χ0) is 27.2. The number of hydrogen-bond donors (Lipinski definition) is 2. The van der Waals surface area contributed by atoms with Crippen molar-refractivity contribution in [2.75, 3.05) is 6.61 Å². The smallest absolute Gasteiger partial charge is 0.268 e. The fourth-order valence-corrected chi connectivity index (χ4v) is 3.60. The van der Waals surface area contributed by atoms with Crippen LogP contribution in [-0.4, -0.2) is 43.9 Å². The van der Waals surface area contributed by atoms with Gasteiger partial charge >= 0.3 is 0 Å². The van der Waals surface area contributed by atoms with Gasteiger partial charge in [-0.1, -0.05) is 44.1 Å². The minimum atomic E-state index is -0.732. The molecule has 38 heavy (non-hydrogen) atoms. The van der Waals surface area contributed by atoms with Crippen molar-refractivity contribution in [3.05, 3.63) is 65.6 Å². The molecule has 4 rings (SSSR count). The summed E-state index contributed by atoms with van der Waals surface area (Å²) in [5, 5.41) is 19.8. The summed E-state index contributed by atoms with van der Waals surface area (Å²) in [6, 6.07) is 10.9. The Morgan fingerprint density at radius 1 is 0.974 bits per heavy atom. The van der Waals surface area contributed by atoms with E-state index < -0.39 is 23.9 Å². The minimum Gasteiger partial charge on any atom is -0.481 e. The number of carbonyl (C=O) groups is 1. The van der Waals surface area contributed by atoms with E-state index in [9.17, 15) is 14.3 Å². The van der Waals surface area contributed by atoms with E-state index in [1.165, 1.54) is 18.2 Å². The monoisotopic (exact) mass is 523 g/mol. The van der Waals surface area contributed by atoms with Crippen molar-refractivity contribution >= 4 is 5.91 Å². The van der Waals surface area contributed by atoms with Gasteiger partial charge in [0, 0.05) is 17.0 Å². The number of aliphatic hydroxyl groups excluding tert-OH is 1. The molecule has 11 heteroatoms. The van der Waals surface area contributed by atoms with Crippen molar-refractivity contribution < 1.29 is 28.1 Å². The van der Waals surface area contributed by atoms with Gasteiger partial charge in [0.1, 0.15) is 11.6 Å². The number of aliphatic hydroxyl groups is 1. The number of benzene rings is 2. The Bertz CT molecular complexity index is 1360. The number of rotatable bonds is 11. The van der Waals surface area contributed by atoms with Crippen molar-refractivity contribution in [1.29, 1.82) is 0 Å². The van der Waals surface area contributed by atoms with Gasteiger partial charge in [-0.25, -0.2) is 4.39 Å². The molecule has 0 fully saturated rings. The standard InChI is InChI=1S/C27H30FN5O5/c1-5-18(14-34)29-25(35)20-12-9-17(13-21(20)28)24-31-27(38-33-24)22(6-2)36-19-10-7-16(8-11-19)23-30-26(15(3)4)37-32-23/h7-13,15,18,22,34H,5-6,14H2,1-4H3,(H,29,35)/t18-,22?/m1/s1. The Labute approximate surface area is 219 Å². The first kappa shape index (κ1) is 26.9. The second-order valence-electron chi connectivity index (χ2n) is 9.06. The Morgan fingerprint density at radius 2 is 1.61 bits per heavy atom.